The van der Waals surface area contributed by atoms with E-state index in [9.17, 15) is 4.79 Å². The molecule has 3 heterocycles. The van der Waals surface area contributed by atoms with Crippen LogP contribution in [0.15, 0.2) is 90.1 Å². The largest absolute Gasteiger partial charge is 0.485 e. The molecule has 0 radical (unpaired) electrons. The van der Waals surface area contributed by atoms with Crippen molar-refractivity contribution in [1.82, 2.24) is 19.7 Å². The second-order valence-corrected chi connectivity index (χ2v) is 10.4. The van der Waals surface area contributed by atoms with Gasteiger partial charge in [0, 0.05) is 11.3 Å². The average molecular weight is 529 g/mol. The fourth-order valence-electron chi connectivity index (χ4n) is 4.90. The minimum atomic E-state index is -0.414. The van der Waals surface area contributed by atoms with E-state index in [1.54, 1.807) is 0 Å². The van der Waals surface area contributed by atoms with Gasteiger partial charge in [0.05, 0.1) is 31.9 Å². The third-order valence-electron chi connectivity index (χ3n) is 6.91. The smallest absolute Gasteiger partial charge is 0.233 e. The molecule has 1 fully saturated rings. The normalized spacial score (nSPS) is 17.4. The Kier molecular flexibility index (Phi) is 7.28. The number of amides is 1. The van der Waals surface area contributed by atoms with Crippen LogP contribution >= 0.6 is 11.8 Å². The number of quaternary nitrogens is 1. The number of rotatable bonds is 7. The molecule has 8 nitrogen and oxygen atoms in total. The van der Waals surface area contributed by atoms with Gasteiger partial charge in [0.2, 0.25) is 5.91 Å². The molecule has 0 saturated carbocycles. The van der Waals surface area contributed by atoms with Crippen molar-refractivity contribution in [1.29, 1.82) is 0 Å². The maximum atomic E-state index is 13.1. The predicted molar refractivity (Wildman–Crippen MR) is 145 cm³/mol. The molecule has 1 amide bonds. The number of fused-ring (bicyclic) bond motifs is 1. The number of carbonyl (C=O) groups excluding carboxylic acids is 1. The number of ether oxygens (including phenoxy) is 2. The highest BCUT2D eigenvalue weighted by molar-refractivity contribution is 7.99. The van der Waals surface area contributed by atoms with Gasteiger partial charge in [-0.05, 0) is 24.3 Å². The summed E-state index contributed by atoms with van der Waals surface area (Å²) in [6, 6.07) is 28.1. The van der Waals surface area contributed by atoms with Gasteiger partial charge in [-0.25, -0.2) is 0 Å². The lowest BCUT2D eigenvalue weighted by molar-refractivity contribution is -0.917. The summed E-state index contributed by atoms with van der Waals surface area (Å²) < 4.78 is 14.1. The Balaban J connectivity index is 1.12. The Hall–Kier alpha value is -3.82. The predicted octanol–water partition coefficient (Wildman–Crippen LogP) is 2.80. The summed E-state index contributed by atoms with van der Waals surface area (Å²) in [5, 5.41) is 9.62. The van der Waals surface area contributed by atoms with Crippen LogP contribution in [0.4, 0.5) is 0 Å². The standard InChI is InChI=1S/C29H29N5O3S/c35-27(33-17-15-32(16-18-33)19-22-9-3-1-4-10-22)21-38-29-31-30-28(34(29)23-11-5-2-6-12-23)26-20-36-24-13-7-8-14-25(24)37-26/h1-14,26H,15-21H2/p+1/t26-/m0/s1. The maximum Gasteiger partial charge on any atom is 0.233 e. The molecule has 38 heavy (non-hydrogen) atoms. The second kappa shape index (κ2) is 11.3. The molecule has 1 N–H and O–H groups in total. The Morgan fingerprint density at radius 3 is 2.34 bits per heavy atom. The molecule has 1 aromatic heterocycles. The lowest BCUT2D eigenvalue weighted by atomic mass is 10.2. The van der Waals surface area contributed by atoms with Gasteiger partial charge in [0.1, 0.15) is 13.2 Å². The molecular weight excluding hydrogens is 498 g/mol. The first-order valence-corrected chi connectivity index (χ1v) is 13.9. The minimum absolute atomic E-state index is 0.129. The van der Waals surface area contributed by atoms with Crippen LogP contribution in [0, 0.1) is 0 Å². The number of nitrogens with one attached hydrogen (secondary N) is 1. The molecule has 0 aliphatic carbocycles. The van der Waals surface area contributed by atoms with Crippen molar-refractivity contribution in [3.8, 4) is 17.2 Å². The molecule has 9 heteroatoms. The topological polar surface area (TPSA) is 73.9 Å². The Morgan fingerprint density at radius 2 is 1.58 bits per heavy atom. The van der Waals surface area contributed by atoms with E-state index in [0.717, 1.165) is 44.2 Å². The summed E-state index contributed by atoms with van der Waals surface area (Å²) in [6.07, 6.45) is -0.414. The summed E-state index contributed by atoms with van der Waals surface area (Å²) >= 11 is 1.41. The van der Waals surface area contributed by atoms with Crippen molar-refractivity contribution in [2.45, 2.75) is 17.8 Å². The van der Waals surface area contributed by atoms with E-state index in [1.807, 2.05) is 70.1 Å². The zero-order valence-electron chi connectivity index (χ0n) is 21.0. The first-order valence-electron chi connectivity index (χ1n) is 12.9. The van der Waals surface area contributed by atoms with Crippen molar-refractivity contribution >= 4 is 17.7 Å². The van der Waals surface area contributed by atoms with E-state index in [4.69, 9.17) is 9.47 Å². The van der Waals surface area contributed by atoms with Crippen LogP contribution in [-0.2, 0) is 11.3 Å². The number of para-hydroxylation sites is 3. The number of hydrogen-bond donors (Lipinski definition) is 1. The molecule has 4 aromatic rings. The summed E-state index contributed by atoms with van der Waals surface area (Å²) in [5.74, 6) is 2.50. The van der Waals surface area contributed by atoms with Gasteiger partial charge in [-0.2, -0.15) is 0 Å². The summed E-state index contributed by atoms with van der Waals surface area (Å²) in [4.78, 5) is 16.6. The molecule has 2 aliphatic rings. The number of carbonyl (C=O) groups is 1. The lowest BCUT2D eigenvalue weighted by Gasteiger charge is -2.32. The van der Waals surface area contributed by atoms with Crippen molar-refractivity contribution in [3.63, 3.8) is 0 Å². The molecule has 6 rings (SSSR count). The molecule has 1 saturated heterocycles. The number of piperazine rings is 1. The molecule has 2 aliphatic heterocycles. The van der Waals surface area contributed by atoms with Crippen LogP contribution in [0.2, 0.25) is 0 Å². The molecular formula is C29H30N5O3S+. The number of thioether (sulfide) groups is 1. The number of aromatic nitrogens is 3. The van der Waals surface area contributed by atoms with Crippen LogP contribution in [0.5, 0.6) is 11.5 Å². The van der Waals surface area contributed by atoms with Gasteiger partial charge in [-0.15, -0.1) is 10.2 Å². The number of nitrogens with zero attached hydrogens (tertiary/aromatic N) is 4. The summed E-state index contributed by atoms with van der Waals surface area (Å²) in [6.45, 7) is 4.78. The first kappa shape index (κ1) is 24.5. The van der Waals surface area contributed by atoms with Crippen LogP contribution in [0.3, 0.4) is 0 Å². The fourth-order valence-corrected chi connectivity index (χ4v) is 5.76. The highest BCUT2D eigenvalue weighted by Crippen LogP contribution is 2.36. The summed E-state index contributed by atoms with van der Waals surface area (Å²) in [5.41, 5.74) is 2.26. The zero-order valence-corrected chi connectivity index (χ0v) is 21.8. The van der Waals surface area contributed by atoms with Crippen LogP contribution < -0.4 is 14.4 Å². The average Bonchev–Trinajstić information content (AvgIpc) is 3.41. The Labute approximate surface area is 226 Å². The molecule has 0 spiro atoms. The maximum absolute atomic E-state index is 13.1. The minimum Gasteiger partial charge on any atom is -0.485 e. The molecule has 0 unspecified atom stereocenters. The zero-order chi connectivity index (χ0) is 25.7. The van der Waals surface area contributed by atoms with Crippen LogP contribution in [-0.4, -0.2) is 64.1 Å². The molecule has 0 bridgehead atoms. The van der Waals surface area contributed by atoms with E-state index in [0.29, 0.717) is 29.1 Å². The van der Waals surface area contributed by atoms with E-state index in [2.05, 4.69) is 34.5 Å². The Bertz CT molecular complexity index is 1370. The second-order valence-electron chi connectivity index (χ2n) is 9.46. The van der Waals surface area contributed by atoms with Gasteiger partial charge in [0.15, 0.2) is 28.6 Å². The molecule has 1 atom stereocenters. The highest BCUT2D eigenvalue weighted by atomic mass is 32.2. The van der Waals surface area contributed by atoms with Gasteiger partial charge >= 0.3 is 0 Å². The summed E-state index contributed by atoms with van der Waals surface area (Å²) in [7, 11) is 0. The van der Waals surface area contributed by atoms with Gasteiger partial charge in [0.25, 0.3) is 0 Å². The Morgan fingerprint density at radius 1 is 0.895 bits per heavy atom. The van der Waals surface area contributed by atoms with E-state index in [1.165, 1.54) is 22.2 Å². The fraction of sp³-hybridized carbons (Fsp3) is 0.276. The monoisotopic (exact) mass is 528 g/mol. The lowest BCUT2D eigenvalue weighted by Crippen LogP contribution is -3.13. The van der Waals surface area contributed by atoms with Crippen LogP contribution in [0.25, 0.3) is 5.69 Å². The highest BCUT2D eigenvalue weighted by Gasteiger charge is 2.30. The third kappa shape index (κ3) is 5.39. The van der Waals surface area contributed by atoms with E-state index >= 15 is 0 Å². The van der Waals surface area contributed by atoms with Crippen molar-refractivity contribution < 1.29 is 19.2 Å². The van der Waals surface area contributed by atoms with Gasteiger partial charge in [-0.1, -0.05) is 72.4 Å². The van der Waals surface area contributed by atoms with Crippen molar-refractivity contribution in [3.05, 3.63) is 96.3 Å². The van der Waals surface area contributed by atoms with E-state index < -0.39 is 6.10 Å². The van der Waals surface area contributed by atoms with Gasteiger partial charge in [-0.3, -0.25) is 9.36 Å². The SMILES string of the molecule is O=C(CSc1nnc([C@@H]2COc3ccccc3O2)n1-c1ccccc1)N1CC[NH+](Cc2ccccc2)CC1. The van der Waals surface area contributed by atoms with Crippen molar-refractivity contribution in [2.75, 3.05) is 38.5 Å². The number of benzene rings is 3. The van der Waals surface area contributed by atoms with Gasteiger partial charge < -0.3 is 19.3 Å². The molecule has 3 aromatic carbocycles. The quantitative estimate of drug-likeness (QED) is 0.372. The van der Waals surface area contributed by atoms with Crippen molar-refractivity contribution in [2.24, 2.45) is 0 Å². The molecule has 194 valence electrons. The number of hydrogen-bond acceptors (Lipinski definition) is 6. The van der Waals surface area contributed by atoms with Crippen LogP contribution in [0.1, 0.15) is 17.5 Å². The third-order valence-corrected chi connectivity index (χ3v) is 7.83. The van der Waals surface area contributed by atoms with E-state index in [-0.39, 0.29) is 5.91 Å². The first-order chi connectivity index (χ1) is 18.7.